The number of amides is 3. The Hall–Kier alpha value is -4.73. The average molecular weight is 600 g/mol. The molecule has 3 amide bonds. The summed E-state index contributed by atoms with van der Waals surface area (Å²) < 4.78 is 10.7. The molecule has 0 spiro atoms. The molecule has 5 rings (SSSR count). The number of rotatable bonds is 9. The number of hydrogen-bond acceptors (Lipinski definition) is 6. The molecule has 1 heterocycles. The van der Waals surface area contributed by atoms with Crippen LogP contribution in [0.15, 0.2) is 108 Å². The van der Waals surface area contributed by atoms with Gasteiger partial charge in [-0.2, -0.15) is 0 Å². The lowest BCUT2D eigenvalue weighted by Crippen LogP contribution is -2.30. The van der Waals surface area contributed by atoms with Crippen LogP contribution in [0.4, 0.5) is 11.4 Å². The van der Waals surface area contributed by atoms with Crippen molar-refractivity contribution in [3.05, 3.63) is 119 Å². The molecule has 42 heavy (non-hydrogen) atoms. The van der Waals surface area contributed by atoms with Crippen molar-refractivity contribution in [2.75, 3.05) is 17.4 Å². The standard InChI is InChI=1S/C32H26ClN3O5S/c1-20(30(37)35-24-13-16-28-29(18-24)41-19-40-28)42-25-14-11-23(12-15-25)34-32(39)27(17-22-9-5-6-10-26(22)33)36-31(38)21-7-3-2-4-8-21/h2-18,20H,19H2,1H3,(H,34,39)(H,35,37)(H,36,38)/b27-17-. The Bertz CT molecular complexity index is 1640. The van der Waals surface area contributed by atoms with Crippen LogP contribution in [-0.4, -0.2) is 29.8 Å². The first-order valence-electron chi connectivity index (χ1n) is 13.0. The molecule has 0 bridgehead atoms. The van der Waals surface area contributed by atoms with E-state index in [4.69, 9.17) is 21.1 Å². The summed E-state index contributed by atoms with van der Waals surface area (Å²) in [6, 6.07) is 28.0. The van der Waals surface area contributed by atoms with Crippen LogP contribution >= 0.6 is 23.4 Å². The van der Waals surface area contributed by atoms with Gasteiger partial charge in [-0.25, -0.2) is 0 Å². The first-order chi connectivity index (χ1) is 20.4. The number of anilines is 2. The zero-order valence-electron chi connectivity index (χ0n) is 22.4. The maximum Gasteiger partial charge on any atom is 0.272 e. The van der Waals surface area contributed by atoms with Crippen molar-refractivity contribution in [3.8, 4) is 11.5 Å². The highest BCUT2D eigenvalue weighted by molar-refractivity contribution is 8.00. The third-order valence-corrected chi connectivity index (χ3v) is 7.62. The van der Waals surface area contributed by atoms with E-state index in [1.54, 1.807) is 84.9 Å². The van der Waals surface area contributed by atoms with Gasteiger partial charge in [0.15, 0.2) is 11.5 Å². The molecule has 8 nitrogen and oxygen atoms in total. The second-order valence-electron chi connectivity index (χ2n) is 9.20. The van der Waals surface area contributed by atoms with Gasteiger partial charge in [-0.3, -0.25) is 14.4 Å². The minimum absolute atomic E-state index is 0.0317. The van der Waals surface area contributed by atoms with Gasteiger partial charge in [0.25, 0.3) is 11.8 Å². The Labute approximate surface area is 252 Å². The van der Waals surface area contributed by atoms with Gasteiger partial charge in [0, 0.05) is 32.9 Å². The van der Waals surface area contributed by atoms with Crippen LogP contribution in [0.5, 0.6) is 11.5 Å². The van der Waals surface area contributed by atoms with Crippen LogP contribution in [0, 0.1) is 0 Å². The van der Waals surface area contributed by atoms with Crippen LogP contribution in [0.1, 0.15) is 22.8 Å². The Kier molecular flexibility index (Phi) is 9.11. The quantitative estimate of drug-likeness (QED) is 0.148. The monoisotopic (exact) mass is 599 g/mol. The number of fused-ring (bicyclic) bond motifs is 1. The molecule has 1 aliphatic heterocycles. The molecule has 0 fully saturated rings. The molecular formula is C32H26ClN3O5S. The molecule has 1 unspecified atom stereocenters. The number of benzene rings is 4. The lowest BCUT2D eigenvalue weighted by molar-refractivity contribution is -0.115. The predicted molar refractivity (Wildman–Crippen MR) is 165 cm³/mol. The second kappa shape index (κ2) is 13.3. The normalized spacial score (nSPS) is 12.8. The largest absolute Gasteiger partial charge is 0.454 e. The van der Waals surface area contributed by atoms with E-state index in [0.717, 1.165) is 4.90 Å². The van der Waals surface area contributed by atoms with Gasteiger partial charge < -0.3 is 25.4 Å². The summed E-state index contributed by atoms with van der Waals surface area (Å²) in [7, 11) is 0. The summed E-state index contributed by atoms with van der Waals surface area (Å²) >= 11 is 7.68. The molecule has 212 valence electrons. The summed E-state index contributed by atoms with van der Waals surface area (Å²) in [5.74, 6) is 0.127. The highest BCUT2D eigenvalue weighted by atomic mass is 35.5. The lowest BCUT2D eigenvalue weighted by atomic mass is 10.1. The van der Waals surface area contributed by atoms with E-state index in [2.05, 4.69) is 16.0 Å². The van der Waals surface area contributed by atoms with Crippen molar-refractivity contribution in [1.29, 1.82) is 0 Å². The number of hydrogen-bond donors (Lipinski definition) is 3. The van der Waals surface area contributed by atoms with E-state index in [-0.39, 0.29) is 18.4 Å². The zero-order valence-corrected chi connectivity index (χ0v) is 24.0. The number of halogens is 1. The minimum atomic E-state index is -0.518. The van der Waals surface area contributed by atoms with Crippen LogP contribution < -0.4 is 25.4 Å². The van der Waals surface area contributed by atoms with Crippen molar-refractivity contribution in [2.24, 2.45) is 0 Å². The fraction of sp³-hybridized carbons (Fsp3) is 0.0938. The molecule has 0 aliphatic carbocycles. The molecule has 0 saturated heterocycles. The summed E-state index contributed by atoms with van der Waals surface area (Å²) in [4.78, 5) is 39.7. The molecule has 4 aromatic carbocycles. The highest BCUT2D eigenvalue weighted by Gasteiger charge is 2.19. The first kappa shape index (κ1) is 28.8. The van der Waals surface area contributed by atoms with Crippen LogP contribution in [-0.2, 0) is 9.59 Å². The summed E-state index contributed by atoms with van der Waals surface area (Å²) in [6.45, 7) is 1.97. The number of carbonyl (C=O) groups excluding carboxylic acids is 3. The van der Waals surface area contributed by atoms with Gasteiger partial charge in [-0.05, 0) is 73.2 Å². The van der Waals surface area contributed by atoms with Crippen molar-refractivity contribution >= 4 is 58.5 Å². The SMILES string of the molecule is CC(Sc1ccc(NC(=O)/C(=C/c2ccccc2Cl)NC(=O)c2ccccc2)cc1)C(=O)Nc1ccc2c(c1)OCO2. The van der Waals surface area contributed by atoms with E-state index in [0.29, 0.717) is 39.0 Å². The Morgan fingerprint density at radius 1 is 0.833 bits per heavy atom. The molecule has 0 saturated carbocycles. The van der Waals surface area contributed by atoms with Gasteiger partial charge in [0.05, 0.1) is 5.25 Å². The fourth-order valence-corrected chi connectivity index (χ4v) is 5.04. The van der Waals surface area contributed by atoms with E-state index < -0.39 is 17.1 Å². The molecule has 3 N–H and O–H groups in total. The van der Waals surface area contributed by atoms with Crippen molar-refractivity contribution in [1.82, 2.24) is 5.32 Å². The maximum atomic E-state index is 13.3. The van der Waals surface area contributed by atoms with Gasteiger partial charge in [-0.15, -0.1) is 11.8 Å². The predicted octanol–water partition coefficient (Wildman–Crippen LogP) is 6.60. The van der Waals surface area contributed by atoms with Gasteiger partial charge >= 0.3 is 0 Å². The second-order valence-corrected chi connectivity index (χ2v) is 11.0. The Morgan fingerprint density at radius 3 is 2.29 bits per heavy atom. The summed E-state index contributed by atoms with van der Waals surface area (Å²) in [6.07, 6.45) is 1.53. The third-order valence-electron chi connectivity index (χ3n) is 6.17. The van der Waals surface area contributed by atoms with Crippen molar-refractivity contribution < 1.29 is 23.9 Å². The molecule has 1 atom stereocenters. The number of thioether (sulfide) groups is 1. The van der Waals surface area contributed by atoms with Crippen LogP contribution in [0.25, 0.3) is 6.08 Å². The van der Waals surface area contributed by atoms with Crippen molar-refractivity contribution in [2.45, 2.75) is 17.1 Å². The van der Waals surface area contributed by atoms with E-state index in [9.17, 15) is 14.4 Å². The Morgan fingerprint density at radius 2 is 1.52 bits per heavy atom. The summed E-state index contributed by atoms with van der Waals surface area (Å²) in [5, 5.41) is 8.46. The molecular weight excluding hydrogens is 574 g/mol. The van der Waals surface area contributed by atoms with Gasteiger partial charge in [-0.1, -0.05) is 48.0 Å². The van der Waals surface area contributed by atoms with E-state index in [1.807, 2.05) is 19.1 Å². The molecule has 1 aliphatic rings. The van der Waals surface area contributed by atoms with Crippen LogP contribution in [0.3, 0.4) is 0 Å². The van der Waals surface area contributed by atoms with E-state index >= 15 is 0 Å². The molecule has 4 aromatic rings. The zero-order chi connectivity index (χ0) is 29.5. The average Bonchev–Trinajstić information content (AvgIpc) is 3.47. The first-order valence-corrected chi connectivity index (χ1v) is 14.2. The fourth-order valence-electron chi connectivity index (χ4n) is 3.98. The minimum Gasteiger partial charge on any atom is -0.454 e. The number of carbonyl (C=O) groups is 3. The van der Waals surface area contributed by atoms with Crippen LogP contribution in [0.2, 0.25) is 5.02 Å². The third kappa shape index (κ3) is 7.31. The molecule has 0 aromatic heterocycles. The number of ether oxygens (including phenoxy) is 2. The summed E-state index contributed by atoms with van der Waals surface area (Å²) in [5.41, 5.74) is 2.16. The highest BCUT2D eigenvalue weighted by Crippen LogP contribution is 2.34. The van der Waals surface area contributed by atoms with Gasteiger partial charge in [0.2, 0.25) is 12.7 Å². The smallest absolute Gasteiger partial charge is 0.272 e. The van der Waals surface area contributed by atoms with Gasteiger partial charge in [0.1, 0.15) is 5.70 Å². The Balaban J connectivity index is 1.23. The lowest BCUT2D eigenvalue weighted by Gasteiger charge is -2.14. The maximum absolute atomic E-state index is 13.3. The molecule has 0 radical (unpaired) electrons. The van der Waals surface area contributed by atoms with Crippen molar-refractivity contribution in [3.63, 3.8) is 0 Å². The number of nitrogens with one attached hydrogen (secondary N) is 3. The van der Waals surface area contributed by atoms with E-state index in [1.165, 1.54) is 17.8 Å². The molecule has 10 heteroatoms. The topological polar surface area (TPSA) is 106 Å².